The van der Waals surface area contributed by atoms with Crippen molar-refractivity contribution in [3.05, 3.63) is 37.2 Å². The SMILES string of the molecule is Cn1ncc(Cl)c1C(=O)c1cc(Cl)sc1Cl. The van der Waals surface area contributed by atoms with Gasteiger partial charge in [0, 0.05) is 7.05 Å². The van der Waals surface area contributed by atoms with E-state index in [1.165, 1.54) is 16.9 Å². The zero-order valence-corrected chi connectivity index (χ0v) is 11.1. The highest BCUT2D eigenvalue weighted by molar-refractivity contribution is 7.20. The van der Waals surface area contributed by atoms with Crippen molar-refractivity contribution in [2.75, 3.05) is 0 Å². The van der Waals surface area contributed by atoms with E-state index in [1.807, 2.05) is 0 Å². The average Bonchev–Trinajstić information content (AvgIpc) is 2.70. The zero-order chi connectivity index (χ0) is 11.9. The zero-order valence-electron chi connectivity index (χ0n) is 8.00. The lowest BCUT2D eigenvalue weighted by Crippen LogP contribution is -2.08. The summed E-state index contributed by atoms with van der Waals surface area (Å²) in [4.78, 5) is 12.1. The molecule has 2 aromatic heterocycles. The smallest absolute Gasteiger partial charge is 0.214 e. The number of nitrogens with zero attached hydrogens (tertiary/aromatic N) is 2. The standard InChI is InChI=1S/C9H5Cl3N2OS/c1-14-7(5(10)3-13-14)8(15)4-2-6(11)16-9(4)12/h2-3H,1H3. The van der Waals surface area contributed by atoms with E-state index >= 15 is 0 Å². The van der Waals surface area contributed by atoms with Crippen LogP contribution in [0.1, 0.15) is 16.1 Å². The first-order chi connectivity index (χ1) is 7.50. The van der Waals surface area contributed by atoms with Gasteiger partial charge in [-0.2, -0.15) is 5.10 Å². The normalized spacial score (nSPS) is 10.8. The van der Waals surface area contributed by atoms with Crippen LogP contribution in [0.3, 0.4) is 0 Å². The van der Waals surface area contributed by atoms with Gasteiger partial charge in [0.15, 0.2) is 0 Å². The molecular formula is C9H5Cl3N2OS. The summed E-state index contributed by atoms with van der Waals surface area (Å²) in [7, 11) is 1.64. The third kappa shape index (κ3) is 1.98. The molecule has 0 N–H and O–H groups in total. The number of carbonyl (C=O) groups excluding carboxylic acids is 1. The Morgan fingerprint density at radius 3 is 2.56 bits per heavy atom. The van der Waals surface area contributed by atoms with Crippen molar-refractivity contribution in [2.45, 2.75) is 0 Å². The number of hydrogen-bond donors (Lipinski definition) is 0. The number of hydrogen-bond acceptors (Lipinski definition) is 3. The van der Waals surface area contributed by atoms with Crippen molar-refractivity contribution < 1.29 is 4.79 Å². The number of carbonyl (C=O) groups is 1. The van der Waals surface area contributed by atoms with Crippen molar-refractivity contribution in [1.82, 2.24) is 9.78 Å². The third-order valence-corrected chi connectivity index (χ3v) is 3.77. The van der Waals surface area contributed by atoms with Gasteiger partial charge in [0.1, 0.15) is 10.0 Å². The van der Waals surface area contributed by atoms with Crippen LogP contribution < -0.4 is 0 Å². The second-order valence-electron chi connectivity index (χ2n) is 3.03. The Bertz CT molecular complexity index is 542. The van der Waals surface area contributed by atoms with Crippen LogP contribution in [0.25, 0.3) is 0 Å². The summed E-state index contributed by atoms with van der Waals surface area (Å²) in [6.07, 6.45) is 1.41. The molecule has 0 amide bonds. The van der Waals surface area contributed by atoms with Crippen LogP contribution in [0.2, 0.25) is 13.7 Å². The van der Waals surface area contributed by atoms with Crippen molar-refractivity contribution in [3.8, 4) is 0 Å². The number of aryl methyl sites for hydroxylation is 1. The number of rotatable bonds is 2. The van der Waals surface area contributed by atoms with Gasteiger partial charge in [-0.3, -0.25) is 9.48 Å². The monoisotopic (exact) mass is 294 g/mol. The molecule has 2 aromatic rings. The second kappa shape index (κ2) is 4.37. The first-order valence-corrected chi connectivity index (χ1v) is 6.12. The molecule has 3 nitrogen and oxygen atoms in total. The molecule has 0 fully saturated rings. The Labute approximate surface area is 111 Å². The van der Waals surface area contributed by atoms with Crippen molar-refractivity contribution in [1.29, 1.82) is 0 Å². The number of aromatic nitrogens is 2. The van der Waals surface area contributed by atoms with E-state index in [9.17, 15) is 4.79 Å². The van der Waals surface area contributed by atoms with Gasteiger partial charge in [-0.25, -0.2) is 0 Å². The van der Waals surface area contributed by atoms with Gasteiger partial charge in [0.2, 0.25) is 5.78 Å². The maximum absolute atomic E-state index is 12.1. The van der Waals surface area contributed by atoms with E-state index in [-0.39, 0.29) is 5.78 Å². The van der Waals surface area contributed by atoms with Crippen LogP contribution in [-0.4, -0.2) is 15.6 Å². The van der Waals surface area contributed by atoms with Crippen molar-refractivity contribution in [2.24, 2.45) is 7.05 Å². The molecule has 0 unspecified atom stereocenters. The molecule has 0 saturated heterocycles. The highest BCUT2D eigenvalue weighted by atomic mass is 35.5. The summed E-state index contributed by atoms with van der Waals surface area (Å²) in [6.45, 7) is 0. The predicted octanol–water partition coefficient (Wildman–Crippen LogP) is 3.67. The fourth-order valence-corrected chi connectivity index (χ4v) is 3.00. The molecule has 2 heterocycles. The molecule has 84 valence electrons. The van der Waals surface area contributed by atoms with Crippen LogP contribution in [0.5, 0.6) is 0 Å². The maximum atomic E-state index is 12.1. The Kier molecular flexibility index (Phi) is 3.26. The van der Waals surface area contributed by atoms with Gasteiger partial charge in [-0.05, 0) is 6.07 Å². The molecule has 0 atom stereocenters. The lowest BCUT2D eigenvalue weighted by Gasteiger charge is -2.00. The first kappa shape index (κ1) is 11.9. The van der Waals surface area contributed by atoms with Crippen LogP contribution >= 0.6 is 46.1 Å². The topological polar surface area (TPSA) is 34.9 Å². The van der Waals surface area contributed by atoms with Crippen molar-refractivity contribution in [3.63, 3.8) is 0 Å². The minimum absolute atomic E-state index is 0.279. The van der Waals surface area contributed by atoms with Gasteiger partial charge in [-0.15, -0.1) is 11.3 Å². The van der Waals surface area contributed by atoms with E-state index in [4.69, 9.17) is 34.8 Å². The Morgan fingerprint density at radius 1 is 1.44 bits per heavy atom. The molecule has 7 heteroatoms. The molecule has 16 heavy (non-hydrogen) atoms. The molecule has 0 saturated carbocycles. The largest absolute Gasteiger partial charge is 0.287 e. The molecular weight excluding hydrogens is 291 g/mol. The lowest BCUT2D eigenvalue weighted by molar-refractivity contribution is 0.103. The van der Waals surface area contributed by atoms with Crippen LogP contribution in [0.4, 0.5) is 0 Å². The maximum Gasteiger partial charge on any atom is 0.214 e. The van der Waals surface area contributed by atoms with Crippen LogP contribution in [0.15, 0.2) is 12.3 Å². The fraction of sp³-hybridized carbons (Fsp3) is 0.111. The highest BCUT2D eigenvalue weighted by Gasteiger charge is 2.21. The predicted molar refractivity (Wildman–Crippen MR) is 66.0 cm³/mol. The molecule has 0 spiro atoms. The summed E-state index contributed by atoms with van der Waals surface area (Å²) in [5, 5.41) is 4.19. The van der Waals surface area contributed by atoms with Gasteiger partial charge in [0.25, 0.3) is 0 Å². The second-order valence-corrected chi connectivity index (χ2v) is 5.72. The van der Waals surface area contributed by atoms with Gasteiger partial charge >= 0.3 is 0 Å². The minimum Gasteiger partial charge on any atom is -0.287 e. The summed E-state index contributed by atoms with van der Waals surface area (Å²) < 4.78 is 2.23. The number of thiophene rings is 1. The van der Waals surface area contributed by atoms with Gasteiger partial charge in [0.05, 0.1) is 21.1 Å². The lowest BCUT2D eigenvalue weighted by atomic mass is 10.1. The summed E-state index contributed by atoms with van der Waals surface area (Å²) >= 11 is 18.7. The molecule has 2 rings (SSSR count). The van der Waals surface area contributed by atoms with E-state index in [0.717, 1.165) is 11.3 Å². The molecule has 0 bridgehead atoms. The third-order valence-electron chi connectivity index (χ3n) is 2.01. The number of ketones is 1. The minimum atomic E-state index is -0.279. The first-order valence-electron chi connectivity index (χ1n) is 4.17. The molecule has 0 aliphatic heterocycles. The number of halogens is 3. The molecule has 0 radical (unpaired) electrons. The average molecular weight is 296 g/mol. The van der Waals surface area contributed by atoms with Crippen LogP contribution in [0, 0.1) is 0 Å². The van der Waals surface area contributed by atoms with E-state index in [0.29, 0.717) is 25.0 Å². The highest BCUT2D eigenvalue weighted by Crippen LogP contribution is 2.33. The summed E-state index contributed by atoms with van der Waals surface area (Å²) in [5.74, 6) is -0.279. The van der Waals surface area contributed by atoms with Crippen LogP contribution in [-0.2, 0) is 7.05 Å². The summed E-state index contributed by atoms with van der Waals surface area (Å²) in [6, 6.07) is 1.53. The molecule has 0 aliphatic rings. The van der Waals surface area contributed by atoms with E-state index < -0.39 is 0 Å². The Hall–Kier alpha value is -0.550. The van der Waals surface area contributed by atoms with E-state index in [1.54, 1.807) is 7.05 Å². The molecule has 0 aliphatic carbocycles. The fourth-order valence-electron chi connectivity index (χ4n) is 1.29. The van der Waals surface area contributed by atoms with Gasteiger partial charge in [-0.1, -0.05) is 34.8 Å². The van der Waals surface area contributed by atoms with E-state index in [2.05, 4.69) is 5.10 Å². The van der Waals surface area contributed by atoms with Gasteiger partial charge < -0.3 is 0 Å². The Balaban J connectivity index is 2.51. The Morgan fingerprint density at radius 2 is 2.12 bits per heavy atom. The quantitative estimate of drug-likeness (QED) is 0.792. The molecule has 0 aromatic carbocycles. The van der Waals surface area contributed by atoms with Crippen molar-refractivity contribution >= 4 is 51.9 Å². The summed E-state index contributed by atoms with van der Waals surface area (Å²) in [5.41, 5.74) is 0.653.